The molecule has 4 heterocycles. The molecule has 0 aromatic carbocycles. The minimum Gasteiger partial charge on any atom is -0.463 e. The molecule has 0 saturated carbocycles. The number of fused-ring (bicyclic) bond motifs is 1. The van der Waals surface area contributed by atoms with Crippen LogP contribution in [0, 0.1) is 0 Å². The van der Waals surface area contributed by atoms with E-state index < -0.39 is 11.7 Å². The van der Waals surface area contributed by atoms with Crippen LogP contribution in [0.5, 0.6) is 0 Å². The van der Waals surface area contributed by atoms with E-state index in [0.717, 1.165) is 38.4 Å². The molecule has 134 valence electrons. The van der Waals surface area contributed by atoms with Gasteiger partial charge in [-0.15, -0.1) is 10.2 Å². The van der Waals surface area contributed by atoms with Crippen molar-refractivity contribution in [2.24, 2.45) is 0 Å². The summed E-state index contributed by atoms with van der Waals surface area (Å²) < 4.78 is 45.6. The summed E-state index contributed by atoms with van der Waals surface area (Å²) in [5.74, 6) is 0.0650. The Hall–Kier alpha value is -2.09. The zero-order valence-electron chi connectivity index (χ0n) is 13.6. The molecule has 25 heavy (non-hydrogen) atoms. The lowest BCUT2D eigenvalue weighted by atomic mass is 10.0. The molecule has 2 aromatic heterocycles. The van der Waals surface area contributed by atoms with Crippen LogP contribution in [0.15, 0.2) is 28.9 Å². The van der Waals surface area contributed by atoms with Gasteiger partial charge in [0.2, 0.25) is 0 Å². The third-order valence-electron chi connectivity index (χ3n) is 4.97. The second-order valence-corrected chi connectivity index (χ2v) is 6.69. The van der Waals surface area contributed by atoms with Crippen LogP contribution in [0.25, 0.3) is 11.5 Å². The summed E-state index contributed by atoms with van der Waals surface area (Å²) in [7, 11) is 0. The van der Waals surface area contributed by atoms with Gasteiger partial charge in [-0.3, -0.25) is 4.90 Å². The van der Waals surface area contributed by atoms with Crippen molar-refractivity contribution in [2.45, 2.75) is 43.9 Å². The normalized spacial score (nSPS) is 24.3. The monoisotopic (exact) mass is 352 g/mol. The Kier molecular flexibility index (Phi) is 4.15. The third-order valence-corrected chi connectivity index (χ3v) is 4.97. The van der Waals surface area contributed by atoms with Gasteiger partial charge in [-0.05, 0) is 44.0 Å². The van der Waals surface area contributed by atoms with Crippen LogP contribution >= 0.6 is 0 Å². The molecule has 1 N–H and O–H groups in total. The van der Waals surface area contributed by atoms with Crippen LogP contribution < -0.4 is 5.32 Å². The van der Waals surface area contributed by atoms with Crippen LogP contribution in [0.3, 0.4) is 0 Å². The van der Waals surface area contributed by atoms with Crippen molar-refractivity contribution in [3.63, 3.8) is 0 Å². The number of alkyl halides is 3. The van der Waals surface area contributed by atoms with Crippen LogP contribution in [0.1, 0.15) is 31.2 Å². The average Bonchev–Trinajstić information content (AvgIpc) is 3.23. The highest BCUT2D eigenvalue weighted by molar-refractivity contribution is 5.57. The van der Waals surface area contributed by atoms with E-state index in [1.807, 2.05) is 0 Å². The molecule has 0 amide bonds. The SMILES string of the molecule is FC(F)(F)c1cc(-c2ccco2)nnc1NC1CC2CCCCN2C1. The predicted octanol–water partition coefficient (Wildman–Crippen LogP) is 3.79. The van der Waals surface area contributed by atoms with Crippen LogP contribution in [0.2, 0.25) is 0 Å². The Bertz CT molecular complexity index is 718. The van der Waals surface area contributed by atoms with E-state index in [-0.39, 0.29) is 23.3 Å². The molecule has 0 bridgehead atoms. The van der Waals surface area contributed by atoms with Crippen LogP contribution in [0.4, 0.5) is 19.0 Å². The summed E-state index contributed by atoms with van der Waals surface area (Å²) in [5, 5.41) is 10.7. The fourth-order valence-corrected chi connectivity index (χ4v) is 3.81. The molecule has 2 unspecified atom stereocenters. The number of rotatable bonds is 3. The van der Waals surface area contributed by atoms with Gasteiger partial charge in [0.05, 0.1) is 6.26 Å². The van der Waals surface area contributed by atoms with Gasteiger partial charge in [-0.2, -0.15) is 13.2 Å². The summed E-state index contributed by atoms with van der Waals surface area (Å²) >= 11 is 0. The summed E-state index contributed by atoms with van der Waals surface area (Å²) in [4.78, 5) is 2.36. The maximum Gasteiger partial charge on any atom is 0.420 e. The van der Waals surface area contributed by atoms with E-state index in [4.69, 9.17) is 4.42 Å². The summed E-state index contributed by atoms with van der Waals surface area (Å²) in [6.07, 6.45) is 1.21. The number of anilines is 1. The molecule has 2 atom stereocenters. The van der Waals surface area contributed by atoms with Gasteiger partial charge in [-0.1, -0.05) is 6.42 Å². The first-order valence-corrected chi connectivity index (χ1v) is 8.50. The second-order valence-electron chi connectivity index (χ2n) is 6.69. The van der Waals surface area contributed by atoms with E-state index in [1.54, 1.807) is 12.1 Å². The Labute approximate surface area is 143 Å². The fourth-order valence-electron chi connectivity index (χ4n) is 3.81. The number of piperidine rings is 1. The highest BCUT2D eigenvalue weighted by Gasteiger charge is 2.38. The van der Waals surface area contributed by atoms with Gasteiger partial charge in [0.25, 0.3) is 0 Å². The maximum absolute atomic E-state index is 13.5. The van der Waals surface area contributed by atoms with E-state index in [0.29, 0.717) is 6.04 Å². The summed E-state index contributed by atoms with van der Waals surface area (Å²) in [6, 6.07) is 4.59. The molecule has 0 spiro atoms. The van der Waals surface area contributed by atoms with E-state index in [1.165, 1.54) is 12.7 Å². The van der Waals surface area contributed by atoms with Crippen molar-refractivity contribution in [1.82, 2.24) is 15.1 Å². The topological polar surface area (TPSA) is 54.2 Å². The average molecular weight is 352 g/mol. The summed E-state index contributed by atoms with van der Waals surface area (Å²) in [6.45, 7) is 1.78. The van der Waals surface area contributed by atoms with Crippen molar-refractivity contribution < 1.29 is 17.6 Å². The highest BCUT2D eigenvalue weighted by atomic mass is 19.4. The number of nitrogens with one attached hydrogen (secondary N) is 1. The molecule has 0 radical (unpaired) electrons. The Morgan fingerprint density at radius 3 is 2.84 bits per heavy atom. The molecule has 2 fully saturated rings. The third kappa shape index (κ3) is 3.35. The number of hydrogen-bond acceptors (Lipinski definition) is 5. The van der Waals surface area contributed by atoms with Crippen molar-refractivity contribution in [2.75, 3.05) is 18.4 Å². The maximum atomic E-state index is 13.5. The van der Waals surface area contributed by atoms with Crippen molar-refractivity contribution in [1.29, 1.82) is 0 Å². The van der Waals surface area contributed by atoms with Gasteiger partial charge in [0.1, 0.15) is 11.3 Å². The van der Waals surface area contributed by atoms with Gasteiger partial charge < -0.3 is 9.73 Å². The Morgan fingerprint density at radius 1 is 1.24 bits per heavy atom. The lowest BCUT2D eigenvalue weighted by Crippen LogP contribution is -2.34. The van der Waals surface area contributed by atoms with E-state index in [9.17, 15) is 13.2 Å². The molecule has 8 heteroatoms. The summed E-state index contributed by atoms with van der Waals surface area (Å²) in [5.41, 5.74) is -0.731. The molecule has 2 aromatic rings. The first kappa shape index (κ1) is 16.4. The van der Waals surface area contributed by atoms with Gasteiger partial charge in [-0.25, -0.2) is 0 Å². The fraction of sp³-hybridized carbons (Fsp3) is 0.529. The molecule has 2 saturated heterocycles. The first-order chi connectivity index (χ1) is 12.0. The number of aromatic nitrogens is 2. The zero-order chi connectivity index (χ0) is 17.4. The standard InChI is InChI=1S/C17H19F3N4O/c18-17(19,20)13-9-14(15-5-3-7-25-15)22-23-16(13)21-11-8-12-4-1-2-6-24(12)10-11/h3,5,7,9,11-12H,1-2,4,6,8,10H2,(H,21,23). The van der Waals surface area contributed by atoms with Gasteiger partial charge in [0.15, 0.2) is 11.6 Å². The van der Waals surface area contributed by atoms with Gasteiger partial charge in [0, 0.05) is 18.6 Å². The number of nitrogens with zero attached hydrogens (tertiary/aromatic N) is 3. The molecule has 5 nitrogen and oxygen atoms in total. The number of hydrogen-bond donors (Lipinski definition) is 1. The molecule has 2 aliphatic rings. The first-order valence-electron chi connectivity index (χ1n) is 8.50. The predicted molar refractivity (Wildman–Crippen MR) is 86.0 cm³/mol. The molecule has 2 aliphatic heterocycles. The lowest BCUT2D eigenvalue weighted by Gasteiger charge is -2.28. The van der Waals surface area contributed by atoms with Crippen LogP contribution in [-0.2, 0) is 6.18 Å². The quantitative estimate of drug-likeness (QED) is 0.911. The van der Waals surface area contributed by atoms with Crippen LogP contribution in [-0.4, -0.2) is 40.3 Å². The molecule has 4 rings (SSSR count). The largest absolute Gasteiger partial charge is 0.463 e. The number of halogens is 3. The van der Waals surface area contributed by atoms with Crippen molar-refractivity contribution in [3.05, 3.63) is 30.0 Å². The molecule has 0 aliphatic carbocycles. The minimum atomic E-state index is -4.51. The smallest absolute Gasteiger partial charge is 0.420 e. The minimum absolute atomic E-state index is 0.0343. The Morgan fingerprint density at radius 2 is 2.12 bits per heavy atom. The Balaban J connectivity index is 1.58. The molecular weight excluding hydrogens is 333 g/mol. The highest BCUT2D eigenvalue weighted by Crippen LogP contribution is 2.37. The lowest BCUT2D eigenvalue weighted by molar-refractivity contribution is -0.137. The van der Waals surface area contributed by atoms with E-state index in [2.05, 4.69) is 20.4 Å². The molecular formula is C17H19F3N4O. The second kappa shape index (κ2) is 6.33. The van der Waals surface area contributed by atoms with E-state index >= 15 is 0 Å². The van der Waals surface area contributed by atoms with Crippen molar-refractivity contribution in [3.8, 4) is 11.5 Å². The zero-order valence-corrected chi connectivity index (χ0v) is 13.6. The van der Waals surface area contributed by atoms with Gasteiger partial charge >= 0.3 is 6.18 Å². The number of furan rings is 1. The van der Waals surface area contributed by atoms with Crippen molar-refractivity contribution >= 4 is 5.82 Å².